The Labute approximate surface area is 53.3 Å². The highest BCUT2D eigenvalue weighted by molar-refractivity contribution is 7.50. The second kappa shape index (κ2) is 3.29. The fourth-order valence-corrected chi connectivity index (χ4v) is 0.767. The molecule has 3 N–H and O–H groups in total. The van der Waals surface area contributed by atoms with E-state index in [2.05, 4.69) is 14.8 Å². The Morgan fingerprint density at radius 1 is 1.78 bits per heavy atom. The minimum Gasteiger partial charge on any atom is -0.356 e. The zero-order valence-corrected chi connectivity index (χ0v) is 6.17. The Hall–Kier alpha value is 0.0700. The third kappa shape index (κ3) is 5.95. The van der Waals surface area contributed by atoms with Crippen molar-refractivity contribution in [3.8, 4) is 0 Å². The highest BCUT2D eigenvalue weighted by Crippen LogP contribution is 2.32. The van der Waals surface area contributed by atoms with Gasteiger partial charge in [-0.25, -0.2) is 10.1 Å². The fraction of sp³-hybridized carbons (Fsp3) is 1.00. The van der Waals surface area contributed by atoms with Gasteiger partial charge in [0, 0.05) is 7.11 Å². The van der Waals surface area contributed by atoms with Gasteiger partial charge >= 0.3 is 7.75 Å². The van der Waals surface area contributed by atoms with Crippen LogP contribution in [0.2, 0.25) is 0 Å². The molecular weight excluding hydrogens is 145 g/mol. The van der Waals surface area contributed by atoms with Gasteiger partial charge in [0.1, 0.15) is 0 Å². The SMILES string of the molecule is COC(C)OP(N)(=O)O. The third-order valence-corrected chi connectivity index (χ3v) is 1.23. The molecule has 0 saturated heterocycles. The van der Waals surface area contributed by atoms with Crippen molar-refractivity contribution in [1.29, 1.82) is 0 Å². The van der Waals surface area contributed by atoms with Crippen LogP contribution in [0.25, 0.3) is 0 Å². The quantitative estimate of drug-likeness (QED) is 0.444. The minimum absolute atomic E-state index is 0.745. The average molecular weight is 155 g/mol. The smallest absolute Gasteiger partial charge is 0.356 e. The van der Waals surface area contributed by atoms with E-state index in [9.17, 15) is 4.57 Å². The number of rotatable bonds is 3. The first kappa shape index (κ1) is 9.07. The summed E-state index contributed by atoms with van der Waals surface area (Å²) in [5.74, 6) is 0. The number of ether oxygens (including phenoxy) is 1. The maximum absolute atomic E-state index is 10.2. The van der Waals surface area contributed by atoms with Crippen LogP contribution in [0.5, 0.6) is 0 Å². The average Bonchev–Trinajstić information content (AvgIpc) is 1.62. The normalized spacial score (nSPS) is 20.9. The molecule has 6 heteroatoms. The predicted octanol–water partition coefficient (Wildman–Crippen LogP) is 0.0545. The molecule has 0 aliphatic heterocycles. The molecule has 0 rings (SSSR count). The largest absolute Gasteiger partial charge is 0.402 e. The molecule has 0 saturated carbocycles. The lowest BCUT2D eigenvalue weighted by Gasteiger charge is -2.11. The van der Waals surface area contributed by atoms with Crippen molar-refractivity contribution in [2.75, 3.05) is 7.11 Å². The van der Waals surface area contributed by atoms with Gasteiger partial charge in [-0.1, -0.05) is 0 Å². The molecule has 0 aliphatic carbocycles. The Balaban J connectivity index is 3.60. The van der Waals surface area contributed by atoms with Crippen LogP contribution < -0.4 is 5.50 Å². The molecule has 0 radical (unpaired) electrons. The van der Waals surface area contributed by atoms with Crippen LogP contribution in [0.4, 0.5) is 0 Å². The van der Waals surface area contributed by atoms with Gasteiger partial charge in [-0.3, -0.25) is 4.52 Å². The first-order valence-corrected chi connectivity index (χ1v) is 3.93. The summed E-state index contributed by atoms with van der Waals surface area (Å²) in [6, 6.07) is 0. The van der Waals surface area contributed by atoms with E-state index < -0.39 is 14.0 Å². The van der Waals surface area contributed by atoms with Crippen molar-refractivity contribution < 1.29 is 18.7 Å². The Morgan fingerprint density at radius 3 is 2.33 bits per heavy atom. The van der Waals surface area contributed by atoms with Crippen LogP contribution >= 0.6 is 7.75 Å². The van der Waals surface area contributed by atoms with Crippen LogP contribution in [-0.2, 0) is 13.8 Å². The van der Waals surface area contributed by atoms with E-state index in [0.29, 0.717) is 0 Å². The van der Waals surface area contributed by atoms with Crippen molar-refractivity contribution in [2.24, 2.45) is 5.50 Å². The van der Waals surface area contributed by atoms with E-state index >= 15 is 0 Å². The van der Waals surface area contributed by atoms with Crippen molar-refractivity contribution >= 4 is 7.75 Å². The Kier molecular flexibility index (Phi) is 3.32. The van der Waals surface area contributed by atoms with Gasteiger partial charge < -0.3 is 9.63 Å². The molecule has 9 heavy (non-hydrogen) atoms. The van der Waals surface area contributed by atoms with Gasteiger partial charge in [-0.15, -0.1) is 0 Å². The van der Waals surface area contributed by atoms with Crippen molar-refractivity contribution in [3.63, 3.8) is 0 Å². The molecule has 0 aliphatic rings. The second-order valence-corrected chi connectivity index (χ2v) is 2.81. The van der Waals surface area contributed by atoms with Crippen LogP contribution in [0.1, 0.15) is 6.92 Å². The zero-order valence-electron chi connectivity index (χ0n) is 5.27. The predicted molar refractivity (Wildman–Crippen MR) is 31.6 cm³/mol. The lowest BCUT2D eigenvalue weighted by Crippen LogP contribution is -2.11. The molecule has 0 aromatic heterocycles. The Morgan fingerprint density at radius 2 is 2.22 bits per heavy atom. The van der Waals surface area contributed by atoms with Gasteiger partial charge in [-0.2, -0.15) is 0 Å². The Bertz CT molecular complexity index is 121. The standard InChI is InChI=1S/C3H10NO4P/c1-3(7-2)8-9(4,5)6/h3H,1-2H3,(H3,4,5,6). The van der Waals surface area contributed by atoms with E-state index in [-0.39, 0.29) is 0 Å². The molecule has 2 atom stereocenters. The van der Waals surface area contributed by atoms with Crippen molar-refractivity contribution in [1.82, 2.24) is 0 Å². The summed E-state index contributed by atoms with van der Waals surface area (Å²) in [6.07, 6.45) is -0.745. The number of hydrogen-bond acceptors (Lipinski definition) is 3. The van der Waals surface area contributed by atoms with Crippen LogP contribution in [0.15, 0.2) is 0 Å². The molecule has 0 bridgehead atoms. The number of methoxy groups -OCH3 is 1. The fourth-order valence-electron chi connectivity index (χ4n) is 0.256. The van der Waals surface area contributed by atoms with Crippen molar-refractivity contribution in [3.05, 3.63) is 0 Å². The number of nitrogens with two attached hydrogens (primary N) is 1. The summed E-state index contributed by atoms with van der Waals surface area (Å²) in [6.45, 7) is 1.47. The molecule has 0 heterocycles. The summed E-state index contributed by atoms with van der Waals surface area (Å²) >= 11 is 0. The monoisotopic (exact) mass is 155 g/mol. The molecular formula is C3H10NO4P. The third-order valence-electron chi connectivity index (χ3n) is 0.631. The maximum atomic E-state index is 10.2. The molecule has 0 fully saturated rings. The topological polar surface area (TPSA) is 81.8 Å². The minimum atomic E-state index is -3.86. The van der Waals surface area contributed by atoms with E-state index in [1.54, 1.807) is 0 Å². The van der Waals surface area contributed by atoms with Crippen LogP contribution in [0, 0.1) is 0 Å². The highest BCUT2D eigenvalue weighted by Gasteiger charge is 2.15. The van der Waals surface area contributed by atoms with Gasteiger partial charge in [0.25, 0.3) is 0 Å². The van der Waals surface area contributed by atoms with Crippen LogP contribution in [0.3, 0.4) is 0 Å². The molecule has 56 valence electrons. The van der Waals surface area contributed by atoms with Crippen LogP contribution in [-0.4, -0.2) is 18.3 Å². The highest BCUT2D eigenvalue weighted by atomic mass is 31.2. The van der Waals surface area contributed by atoms with Gasteiger partial charge in [-0.05, 0) is 6.92 Å². The lowest BCUT2D eigenvalue weighted by molar-refractivity contribution is -0.0439. The van der Waals surface area contributed by atoms with E-state index in [0.717, 1.165) is 0 Å². The van der Waals surface area contributed by atoms with E-state index in [4.69, 9.17) is 4.89 Å². The van der Waals surface area contributed by atoms with Gasteiger partial charge in [0.15, 0.2) is 6.29 Å². The molecule has 2 unspecified atom stereocenters. The molecule has 0 amide bonds. The second-order valence-electron chi connectivity index (χ2n) is 1.47. The van der Waals surface area contributed by atoms with E-state index in [1.165, 1.54) is 14.0 Å². The molecule has 0 aromatic rings. The van der Waals surface area contributed by atoms with Crippen molar-refractivity contribution in [2.45, 2.75) is 13.2 Å². The summed E-state index contributed by atoms with van der Waals surface area (Å²) in [4.78, 5) is 8.35. The summed E-state index contributed by atoms with van der Waals surface area (Å²) in [7, 11) is -2.52. The number of hydrogen-bond donors (Lipinski definition) is 2. The molecule has 0 aromatic carbocycles. The van der Waals surface area contributed by atoms with Gasteiger partial charge in [0.05, 0.1) is 0 Å². The van der Waals surface area contributed by atoms with Gasteiger partial charge in [0.2, 0.25) is 0 Å². The first-order chi connectivity index (χ1) is 3.95. The molecule has 0 spiro atoms. The zero-order chi connectivity index (χ0) is 7.49. The summed E-state index contributed by atoms with van der Waals surface area (Å²) in [5.41, 5.74) is 4.62. The lowest BCUT2D eigenvalue weighted by atomic mass is 10.8. The summed E-state index contributed by atoms with van der Waals surface area (Å²) in [5, 5.41) is 0. The summed E-state index contributed by atoms with van der Waals surface area (Å²) < 4.78 is 19.0. The maximum Gasteiger partial charge on any atom is 0.402 e. The van der Waals surface area contributed by atoms with E-state index in [1.807, 2.05) is 0 Å². The molecule has 5 nitrogen and oxygen atoms in total. The first-order valence-electron chi connectivity index (χ1n) is 2.28.